The molecule has 4 heteroatoms. The van der Waals surface area contributed by atoms with Crippen molar-refractivity contribution < 1.29 is 14.2 Å². The molecule has 0 aromatic heterocycles. The van der Waals surface area contributed by atoms with Gasteiger partial charge in [-0.2, -0.15) is 0 Å². The number of hydrogen-bond donors (Lipinski definition) is 1. The standard InChI is InChI=1S/C16H25NO3/c1-16(2,17)11-12-5-4-6-14(18-3)15(12)20-13-7-9-19-10-8-13/h4-6,13H,7-11,17H2,1-3H3. The van der Waals surface area contributed by atoms with Crippen LogP contribution in [0.3, 0.4) is 0 Å². The Morgan fingerprint density at radius 2 is 2.00 bits per heavy atom. The third-order valence-electron chi connectivity index (χ3n) is 3.38. The highest BCUT2D eigenvalue weighted by molar-refractivity contribution is 5.47. The van der Waals surface area contributed by atoms with E-state index < -0.39 is 0 Å². The number of benzene rings is 1. The van der Waals surface area contributed by atoms with Gasteiger partial charge in [-0.15, -0.1) is 0 Å². The molecule has 4 nitrogen and oxygen atoms in total. The maximum Gasteiger partial charge on any atom is 0.164 e. The molecule has 20 heavy (non-hydrogen) atoms. The second-order valence-electron chi connectivity index (χ2n) is 6.04. The van der Waals surface area contributed by atoms with Gasteiger partial charge in [0.25, 0.3) is 0 Å². The van der Waals surface area contributed by atoms with Gasteiger partial charge in [0.1, 0.15) is 6.10 Å². The van der Waals surface area contributed by atoms with E-state index in [1.807, 2.05) is 26.0 Å². The van der Waals surface area contributed by atoms with Crippen molar-refractivity contribution in [2.75, 3.05) is 20.3 Å². The van der Waals surface area contributed by atoms with Gasteiger partial charge in [0, 0.05) is 18.4 Å². The highest BCUT2D eigenvalue weighted by Gasteiger charge is 2.22. The van der Waals surface area contributed by atoms with E-state index in [9.17, 15) is 0 Å². The largest absolute Gasteiger partial charge is 0.493 e. The molecular weight excluding hydrogens is 254 g/mol. The van der Waals surface area contributed by atoms with Crippen LogP contribution in [0.5, 0.6) is 11.5 Å². The van der Waals surface area contributed by atoms with Crippen LogP contribution < -0.4 is 15.2 Å². The Hall–Kier alpha value is -1.26. The summed E-state index contributed by atoms with van der Waals surface area (Å²) in [4.78, 5) is 0. The van der Waals surface area contributed by atoms with Gasteiger partial charge in [-0.1, -0.05) is 12.1 Å². The molecule has 1 aliphatic rings. The molecule has 1 aromatic carbocycles. The van der Waals surface area contributed by atoms with Crippen LogP contribution in [0.1, 0.15) is 32.3 Å². The topological polar surface area (TPSA) is 53.7 Å². The molecule has 0 amide bonds. The molecule has 1 heterocycles. The number of methoxy groups -OCH3 is 1. The smallest absolute Gasteiger partial charge is 0.164 e. The summed E-state index contributed by atoms with van der Waals surface area (Å²) >= 11 is 0. The van der Waals surface area contributed by atoms with Crippen molar-refractivity contribution in [1.29, 1.82) is 0 Å². The summed E-state index contributed by atoms with van der Waals surface area (Å²) < 4.78 is 17.0. The summed E-state index contributed by atoms with van der Waals surface area (Å²) in [5.41, 5.74) is 6.97. The number of nitrogens with two attached hydrogens (primary N) is 1. The molecule has 0 bridgehead atoms. The summed E-state index contributed by atoms with van der Waals surface area (Å²) in [6.45, 7) is 5.56. The normalized spacial score (nSPS) is 17.0. The first-order valence-electron chi connectivity index (χ1n) is 7.19. The first-order chi connectivity index (χ1) is 9.49. The first-order valence-corrected chi connectivity index (χ1v) is 7.19. The van der Waals surface area contributed by atoms with Crippen molar-refractivity contribution >= 4 is 0 Å². The van der Waals surface area contributed by atoms with Crippen LogP contribution in [-0.4, -0.2) is 32.0 Å². The lowest BCUT2D eigenvalue weighted by Gasteiger charge is -2.27. The van der Waals surface area contributed by atoms with Gasteiger partial charge in [-0.05, 0) is 31.9 Å². The molecule has 2 N–H and O–H groups in total. The van der Waals surface area contributed by atoms with Crippen molar-refractivity contribution in [2.45, 2.75) is 44.8 Å². The molecule has 0 radical (unpaired) electrons. The van der Waals surface area contributed by atoms with Gasteiger partial charge in [0.15, 0.2) is 11.5 Å². The van der Waals surface area contributed by atoms with Crippen LogP contribution in [0, 0.1) is 0 Å². The van der Waals surface area contributed by atoms with Gasteiger partial charge in [-0.3, -0.25) is 0 Å². The molecule has 1 saturated heterocycles. The molecule has 0 atom stereocenters. The quantitative estimate of drug-likeness (QED) is 0.900. The highest BCUT2D eigenvalue weighted by Crippen LogP contribution is 2.34. The average Bonchev–Trinajstić information content (AvgIpc) is 2.40. The minimum absolute atomic E-state index is 0.194. The van der Waals surface area contributed by atoms with E-state index in [2.05, 4.69) is 6.07 Å². The van der Waals surface area contributed by atoms with E-state index in [1.54, 1.807) is 7.11 Å². The number of rotatable bonds is 5. The third-order valence-corrected chi connectivity index (χ3v) is 3.38. The molecule has 1 aromatic rings. The lowest BCUT2D eigenvalue weighted by molar-refractivity contribution is 0.0240. The Bertz CT molecular complexity index is 434. The number of ether oxygens (including phenoxy) is 3. The first kappa shape index (κ1) is 15.1. The van der Waals surface area contributed by atoms with Crippen molar-refractivity contribution in [1.82, 2.24) is 0 Å². The van der Waals surface area contributed by atoms with E-state index in [0.717, 1.165) is 49.5 Å². The number of hydrogen-bond acceptors (Lipinski definition) is 4. The lowest BCUT2D eigenvalue weighted by Crippen LogP contribution is -2.35. The average molecular weight is 279 g/mol. The van der Waals surface area contributed by atoms with Crippen LogP contribution >= 0.6 is 0 Å². The second-order valence-corrected chi connectivity index (χ2v) is 6.04. The van der Waals surface area contributed by atoms with E-state index in [4.69, 9.17) is 19.9 Å². The molecule has 0 saturated carbocycles. The van der Waals surface area contributed by atoms with Crippen LogP contribution in [0.2, 0.25) is 0 Å². The molecule has 112 valence electrons. The summed E-state index contributed by atoms with van der Waals surface area (Å²) in [5.74, 6) is 1.61. The fourth-order valence-electron chi connectivity index (χ4n) is 2.45. The third kappa shape index (κ3) is 4.12. The van der Waals surface area contributed by atoms with Crippen LogP contribution in [0.4, 0.5) is 0 Å². The Balaban J connectivity index is 2.22. The van der Waals surface area contributed by atoms with Crippen LogP contribution in [0.15, 0.2) is 18.2 Å². The number of para-hydroxylation sites is 1. The van der Waals surface area contributed by atoms with Crippen molar-refractivity contribution in [3.05, 3.63) is 23.8 Å². The monoisotopic (exact) mass is 279 g/mol. The maximum atomic E-state index is 6.19. The fourth-order valence-corrected chi connectivity index (χ4v) is 2.45. The van der Waals surface area contributed by atoms with Gasteiger partial charge in [0.2, 0.25) is 0 Å². The van der Waals surface area contributed by atoms with E-state index >= 15 is 0 Å². The van der Waals surface area contributed by atoms with Crippen molar-refractivity contribution in [3.63, 3.8) is 0 Å². The predicted molar refractivity (Wildman–Crippen MR) is 79.4 cm³/mol. The molecule has 1 aliphatic heterocycles. The minimum Gasteiger partial charge on any atom is -0.493 e. The minimum atomic E-state index is -0.278. The van der Waals surface area contributed by atoms with Crippen LogP contribution in [0.25, 0.3) is 0 Å². The molecule has 0 aliphatic carbocycles. The van der Waals surface area contributed by atoms with Crippen LogP contribution in [-0.2, 0) is 11.2 Å². The molecule has 2 rings (SSSR count). The Morgan fingerprint density at radius 1 is 1.30 bits per heavy atom. The zero-order valence-corrected chi connectivity index (χ0v) is 12.6. The summed E-state index contributed by atoms with van der Waals surface area (Å²) in [6.07, 6.45) is 2.79. The summed E-state index contributed by atoms with van der Waals surface area (Å²) in [7, 11) is 1.67. The molecule has 0 spiro atoms. The second kappa shape index (κ2) is 6.46. The molecular formula is C16H25NO3. The summed E-state index contributed by atoms with van der Waals surface area (Å²) in [6, 6.07) is 5.98. The Morgan fingerprint density at radius 3 is 2.60 bits per heavy atom. The predicted octanol–water partition coefficient (Wildman–Crippen LogP) is 2.53. The highest BCUT2D eigenvalue weighted by atomic mass is 16.5. The lowest BCUT2D eigenvalue weighted by atomic mass is 9.95. The van der Waals surface area contributed by atoms with Gasteiger partial charge in [0.05, 0.1) is 20.3 Å². The van der Waals surface area contributed by atoms with Gasteiger partial charge in [-0.25, -0.2) is 0 Å². The van der Waals surface area contributed by atoms with E-state index in [0.29, 0.717) is 0 Å². The maximum absolute atomic E-state index is 6.19. The zero-order valence-electron chi connectivity index (χ0n) is 12.6. The van der Waals surface area contributed by atoms with E-state index in [1.165, 1.54) is 0 Å². The fraction of sp³-hybridized carbons (Fsp3) is 0.625. The van der Waals surface area contributed by atoms with Crippen molar-refractivity contribution in [2.24, 2.45) is 5.73 Å². The van der Waals surface area contributed by atoms with Gasteiger partial charge < -0.3 is 19.9 Å². The van der Waals surface area contributed by atoms with E-state index in [-0.39, 0.29) is 11.6 Å². The Kier molecular flexibility index (Phi) is 4.89. The molecule has 1 fully saturated rings. The van der Waals surface area contributed by atoms with Gasteiger partial charge >= 0.3 is 0 Å². The SMILES string of the molecule is COc1cccc(CC(C)(C)N)c1OC1CCOCC1. The molecule has 0 unspecified atom stereocenters. The van der Waals surface area contributed by atoms with Crippen molar-refractivity contribution in [3.8, 4) is 11.5 Å². The summed E-state index contributed by atoms with van der Waals surface area (Å²) in [5, 5.41) is 0. The zero-order chi connectivity index (χ0) is 14.6. The Labute approximate surface area is 121 Å².